The molecule has 6 rings (SSSR count). The molecule has 1 saturated heterocycles. The number of hydrogen-bond donors (Lipinski definition) is 2. The molecule has 0 spiro atoms. The quantitative estimate of drug-likeness (QED) is 0.236. The number of imidazole rings is 1. The average molecular weight is 617 g/mol. The van der Waals surface area contributed by atoms with Crippen LogP contribution < -0.4 is 10.6 Å². The molecule has 2 N–H and O–H groups in total. The lowest BCUT2D eigenvalue weighted by atomic mass is 10.2. The third-order valence-electron chi connectivity index (χ3n) is 7.44. The molecule has 0 bridgehead atoms. The van der Waals surface area contributed by atoms with Crippen molar-refractivity contribution in [1.29, 1.82) is 0 Å². The first-order valence-corrected chi connectivity index (χ1v) is 16.4. The lowest BCUT2D eigenvalue weighted by molar-refractivity contribution is -0.117. The standard InChI is InChI=1S/C28H30F2N6O4S2/c1-14-15(2)41-28(31-14)17-9-10-18(20(12-17)42(3,38)39)32-19-13-21(34-27(37)16-7-8-16)33-25-23(19)35-26(24(29)30)36(25)22-6-4-5-11-40-22/h9-10,12-13,16,22,24H,4-8,11H2,1-3H3,(H2,32,33,34,37). The van der Waals surface area contributed by atoms with Gasteiger partial charge in [-0.15, -0.1) is 11.3 Å². The van der Waals surface area contributed by atoms with Crippen LogP contribution in [0.4, 0.5) is 26.0 Å². The van der Waals surface area contributed by atoms with Crippen molar-refractivity contribution < 1.29 is 26.7 Å². The lowest BCUT2D eigenvalue weighted by Crippen LogP contribution is -2.21. The highest BCUT2D eigenvalue weighted by Gasteiger charge is 2.32. The van der Waals surface area contributed by atoms with Gasteiger partial charge in [0.15, 0.2) is 21.3 Å². The van der Waals surface area contributed by atoms with Crippen LogP contribution in [0, 0.1) is 19.8 Å². The normalized spacial score (nSPS) is 17.6. The van der Waals surface area contributed by atoms with Gasteiger partial charge in [0.2, 0.25) is 5.91 Å². The second kappa shape index (κ2) is 11.0. The molecule has 0 radical (unpaired) electrons. The number of carbonyl (C=O) groups excluding carboxylic acids is 1. The van der Waals surface area contributed by atoms with Gasteiger partial charge in [-0.25, -0.2) is 32.2 Å². The Morgan fingerprint density at radius 3 is 2.50 bits per heavy atom. The minimum atomic E-state index is -3.74. The second-order valence-corrected chi connectivity index (χ2v) is 13.9. The maximum Gasteiger partial charge on any atom is 0.295 e. The number of amides is 1. The third kappa shape index (κ3) is 5.62. The Kier molecular flexibility index (Phi) is 7.48. The number of benzene rings is 1. The number of aromatic nitrogens is 4. The molecule has 4 heterocycles. The number of ether oxygens (including phenoxy) is 1. The number of alkyl halides is 2. The number of carbonyl (C=O) groups is 1. The van der Waals surface area contributed by atoms with Crippen molar-refractivity contribution in [3.05, 3.63) is 40.7 Å². The molecule has 1 amide bonds. The fourth-order valence-electron chi connectivity index (χ4n) is 4.98. The van der Waals surface area contributed by atoms with Gasteiger partial charge in [-0.2, -0.15) is 0 Å². The van der Waals surface area contributed by atoms with Gasteiger partial charge in [0.25, 0.3) is 6.43 Å². The first-order chi connectivity index (χ1) is 20.0. The van der Waals surface area contributed by atoms with Gasteiger partial charge in [-0.1, -0.05) is 0 Å². The number of anilines is 3. The van der Waals surface area contributed by atoms with E-state index in [-0.39, 0.29) is 45.1 Å². The van der Waals surface area contributed by atoms with Crippen molar-refractivity contribution in [3.63, 3.8) is 0 Å². The first kappa shape index (κ1) is 28.6. The van der Waals surface area contributed by atoms with Gasteiger partial charge in [-0.05, 0) is 64.2 Å². The van der Waals surface area contributed by atoms with E-state index in [9.17, 15) is 22.0 Å². The van der Waals surface area contributed by atoms with Crippen molar-refractivity contribution in [2.24, 2.45) is 5.92 Å². The monoisotopic (exact) mass is 616 g/mol. The smallest absolute Gasteiger partial charge is 0.295 e. The van der Waals surface area contributed by atoms with Crippen LogP contribution in [-0.4, -0.2) is 46.7 Å². The number of rotatable bonds is 8. The molecule has 222 valence electrons. The fraction of sp³-hybridized carbons (Fsp3) is 0.429. The summed E-state index contributed by atoms with van der Waals surface area (Å²) < 4.78 is 61.7. The Balaban J connectivity index is 1.49. The molecule has 1 aliphatic carbocycles. The summed E-state index contributed by atoms with van der Waals surface area (Å²) in [5.74, 6) is -0.695. The van der Waals surface area contributed by atoms with E-state index >= 15 is 0 Å². The Labute approximate surface area is 245 Å². The molecule has 14 heteroatoms. The van der Waals surface area contributed by atoms with Crippen LogP contribution in [0.2, 0.25) is 0 Å². The number of sulfone groups is 1. The Morgan fingerprint density at radius 1 is 1.10 bits per heavy atom. The van der Waals surface area contributed by atoms with E-state index in [1.807, 2.05) is 13.8 Å². The molecule has 3 aromatic heterocycles. The largest absolute Gasteiger partial charge is 0.358 e. The minimum absolute atomic E-state index is 0.00293. The molecular weight excluding hydrogens is 586 g/mol. The minimum Gasteiger partial charge on any atom is -0.358 e. The van der Waals surface area contributed by atoms with Crippen molar-refractivity contribution in [2.75, 3.05) is 23.5 Å². The van der Waals surface area contributed by atoms with E-state index < -0.39 is 28.3 Å². The Bertz CT molecular complexity index is 1770. The van der Waals surface area contributed by atoms with Gasteiger partial charge in [0.1, 0.15) is 22.6 Å². The molecule has 1 atom stereocenters. The molecule has 1 aromatic carbocycles. The van der Waals surface area contributed by atoms with E-state index in [1.165, 1.54) is 22.0 Å². The molecule has 2 aliphatic rings. The summed E-state index contributed by atoms with van der Waals surface area (Å²) in [5, 5.41) is 6.58. The zero-order valence-corrected chi connectivity index (χ0v) is 24.9. The predicted molar refractivity (Wildman–Crippen MR) is 156 cm³/mol. The van der Waals surface area contributed by atoms with Gasteiger partial charge < -0.3 is 15.4 Å². The third-order valence-corrected chi connectivity index (χ3v) is 9.70. The van der Waals surface area contributed by atoms with E-state index in [1.54, 1.807) is 18.2 Å². The summed E-state index contributed by atoms with van der Waals surface area (Å²) in [7, 11) is -3.74. The molecule has 1 saturated carbocycles. The molecular formula is C28H30F2N6O4S2. The molecule has 2 fully saturated rings. The number of nitrogens with zero attached hydrogens (tertiary/aromatic N) is 4. The predicted octanol–water partition coefficient (Wildman–Crippen LogP) is 6.30. The molecule has 10 nitrogen and oxygen atoms in total. The van der Waals surface area contributed by atoms with Crippen LogP contribution in [0.25, 0.3) is 21.7 Å². The van der Waals surface area contributed by atoms with Crippen LogP contribution in [0.3, 0.4) is 0 Å². The van der Waals surface area contributed by atoms with E-state index in [0.29, 0.717) is 23.6 Å². The lowest BCUT2D eigenvalue weighted by Gasteiger charge is -2.25. The van der Waals surface area contributed by atoms with Crippen LogP contribution in [0.5, 0.6) is 0 Å². The van der Waals surface area contributed by atoms with Crippen molar-refractivity contribution >= 4 is 55.4 Å². The second-order valence-electron chi connectivity index (χ2n) is 10.7. The zero-order chi connectivity index (χ0) is 29.8. The number of nitrogens with one attached hydrogen (secondary N) is 2. The van der Waals surface area contributed by atoms with Gasteiger partial charge in [0, 0.05) is 35.3 Å². The SMILES string of the molecule is Cc1nc(-c2ccc(Nc3cc(NC(=O)C4CC4)nc4c3nc(C(F)F)n4C3CCCCO3)c(S(C)(=O)=O)c2)sc1C. The molecule has 1 unspecified atom stereocenters. The highest BCUT2D eigenvalue weighted by molar-refractivity contribution is 7.90. The number of fused-ring (bicyclic) bond motifs is 1. The van der Waals surface area contributed by atoms with E-state index in [4.69, 9.17) is 4.74 Å². The fourth-order valence-corrected chi connectivity index (χ4v) is 6.76. The van der Waals surface area contributed by atoms with Crippen LogP contribution in [-0.2, 0) is 19.4 Å². The van der Waals surface area contributed by atoms with Crippen LogP contribution in [0.15, 0.2) is 29.2 Å². The highest BCUT2D eigenvalue weighted by atomic mass is 32.2. The zero-order valence-electron chi connectivity index (χ0n) is 23.3. The summed E-state index contributed by atoms with van der Waals surface area (Å²) in [5.41, 5.74) is 2.17. The highest BCUT2D eigenvalue weighted by Crippen LogP contribution is 2.39. The molecule has 1 aliphatic heterocycles. The summed E-state index contributed by atoms with van der Waals surface area (Å²) in [6, 6.07) is 6.40. The summed E-state index contributed by atoms with van der Waals surface area (Å²) in [6.45, 7) is 4.25. The number of pyridine rings is 1. The summed E-state index contributed by atoms with van der Waals surface area (Å²) >= 11 is 1.46. The summed E-state index contributed by atoms with van der Waals surface area (Å²) in [6.07, 6.45) is 1.14. The van der Waals surface area contributed by atoms with Gasteiger partial charge >= 0.3 is 0 Å². The van der Waals surface area contributed by atoms with Gasteiger partial charge in [-0.3, -0.25) is 9.36 Å². The summed E-state index contributed by atoms with van der Waals surface area (Å²) in [4.78, 5) is 27.0. The number of aryl methyl sites for hydroxylation is 2. The van der Waals surface area contributed by atoms with Crippen molar-refractivity contribution in [3.8, 4) is 10.6 Å². The average Bonchev–Trinajstić information content (AvgIpc) is 3.65. The Hall–Kier alpha value is -3.49. The number of halogens is 2. The van der Waals surface area contributed by atoms with Gasteiger partial charge in [0.05, 0.1) is 22.0 Å². The topological polar surface area (TPSA) is 128 Å². The van der Waals surface area contributed by atoms with Crippen molar-refractivity contribution in [2.45, 2.75) is 63.5 Å². The van der Waals surface area contributed by atoms with Crippen LogP contribution >= 0.6 is 11.3 Å². The number of hydrogen-bond acceptors (Lipinski definition) is 9. The van der Waals surface area contributed by atoms with Crippen molar-refractivity contribution in [1.82, 2.24) is 19.5 Å². The van der Waals surface area contributed by atoms with E-state index in [0.717, 1.165) is 42.5 Å². The Morgan fingerprint density at radius 2 is 1.88 bits per heavy atom. The maximum atomic E-state index is 14.3. The first-order valence-electron chi connectivity index (χ1n) is 13.7. The van der Waals surface area contributed by atoms with Crippen LogP contribution in [0.1, 0.15) is 61.2 Å². The maximum absolute atomic E-state index is 14.3. The van der Waals surface area contributed by atoms with E-state index in [2.05, 4.69) is 25.6 Å². The molecule has 4 aromatic rings. The molecule has 42 heavy (non-hydrogen) atoms. The number of thiazole rings is 1.